The van der Waals surface area contributed by atoms with Crippen LogP contribution in [0.5, 0.6) is 0 Å². The van der Waals surface area contributed by atoms with Crippen molar-refractivity contribution in [3.63, 3.8) is 0 Å². The number of rotatable bonds is 6. The summed E-state index contributed by atoms with van der Waals surface area (Å²) >= 11 is 10.4. The Hall–Kier alpha value is -0.0600. The Bertz CT molecular complexity index is 316. The number of amides is 1. The molecule has 1 rings (SSSR count). The Morgan fingerprint density at radius 3 is 2.80 bits per heavy atom. The summed E-state index contributed by atoms with van der Waals surface area (Å²) in [5, 5.41) is 3.90. The number of unbranched alkanes of at least 4 members (excludes halogenated alkanes) is 2. The van der Waals surface area contributed by atoms with Gasteiger partial charge in [0, 0.05) is 11.9 Å². The van der Waals surface area contributed by atoms with Crippen LogP contribution in [0.1, 0.15) is 28.9 Å². The van der Waals surface area contributed by atoms with Gasteiger partial charge in [0.25, 0.3) is 5.91 Å². The maximum Gasteiger partial charge on any atom is 0.261 e. The minimum atomic E-state index is -0.0225. The summed E-state index contributed by atoms with van der Waals surface area (Å²) in [5.74, 6) is -0.0225. The van der Waals surface area contributed by atoms with Crippen LogP contribution < -0.4 is 5.32 Å². The number of carbonyl (C=O) groups is 1. The molecule has 84 valence electrons. The summed E-state index contributed by atoms with van der Waals surface area (Å²) < 4.78 is 0.652. The fourth-order valence-corrected chi connectivity index (χ4v) is 2.48. The quantitative estimate of drug-likeness (QED) is 0.630. The van der Waals surface area contributed by atoms with Crippen LogP contribution in [0.15, 0.2) is 12.1 Å². The monoisotopic (exact) mass is 309 g/mol. The Labute approximate surface area is 107 Å². The van der Waals surface area contributed by atoms with Crippen LogP contribution in [-0.2, 0) is 0 Å². The zero-order valence-corrected chi connectivity index (χ0v) is 11.4. The Morgan fingerprint density at radius 2 is 2.20 bits per heavy atom. The highest BCUT2D eigenvalue weighted by molar-refractivity contribution is 9.09. The summed E-state index contributed by atoms with van der Waals surface area (Å²) in [5.41, 5.74) is 0. The molecule has 0 bridgehead atoms. The van der Waals surface area contributed by atoms with Gasteiger partial charge in [-0.25, -0.2) is 0 Å². The van der Waals surface area contributed by atoms with Gasteiger partial charge in [-0.05, 0) is 25.0 Å². The third-order valence-corrected chi connectivity index (χ3v) is 3.68. The van der Waals surface area contributed by atoms with Crippen molar-refractivity contribution >= 4 is 44.8 Å². The second-order valence-corrected chi connectivity index (χ2v) is 5.62. The van der Waals surface area contributed by atoms with E-state index in [1.807, 2.05) is 0 Å². The molecule has 0 aliphatic rings. The van der Waals surface area contributed by atoms with Crippen LogP contribution in [0, 0.1) is 0 Å². The maximum atomic E-state index is 11.5. The molecule has 1 N–H and O–H groups in total. The van der Waals surface area contributed by atoms with Crippen LogP contribution in [0.4, 0.5) is 0 Å². The molecule has 1 heterocycles. The van der Waals surface area contributed by atoms with E-state index in [2.05, 4.69) is 21.2 Å². The molecule has 15 heavy (non-hydrogen) atoms. The fraction of sp³-hybridized carbons (Fsp3) is 0.500. The summed E-state index contributed by atoms with van der Waals surface area (Å²) in [7, 11) is 0. The predicted molar refractivity (Wildman–Crippen MR) is 69.3 cm³/mol. The molecule has 1 aromatic heterocycles. The molecule has 0 aliphatic heterocycles. The summed E-state index contributed by atoms with van der Waals surface area (Å²) in [4.78, 5) is 12.2. The molecule has 0 spiro atoms. The Morgan fingerprint density at radius 1 is 1.40 bits per heavy atom. The topological polar surface area (TPSA) is 29.1 Å². The average molecular weight is 311 g/mol. The first kappa shape index (κ1) is 13.0. The van der Waals surface area contributed by atoms with Gasteiger partial charge in [-0.3, -0.25) is 4.79 Å². The van der Waals surface area contributed by atoms with Crippen molar-refractivity contribution in [2.45, 2.75) is 19.3 Å². The highest BCUT2D eigenvalue weighted by Gasteiger charge is 2.06. The molecule has 5 heteroatoms. The molecular weight excluding hydrogens is 298 g/mol. The van der Waals surface area contributed by atoms with Gasteiger partial charge in [0.15, 0.2) is 0 Å². The SMILES string of the molecule is O=C(NCCCCCBr)c1ccc(Cl)s1. The van der Waals surface area contributed by atoms with E-state index in [4.69, 9.17) is 11.6 Å². The Kier molecular flexibility index (Phi) is 6.29. The summed E-state index contributed by atoms with van der Waals surface area (Å²) in [6.07, 6.45) is 3.31. The second kappa shape index (κ2) is 7.25. The number of carbonyl (C=O) groups excluding carboxylic acids is 1. The van der Waals surface area contributed by atoms with E-state index in [1.165, 1.54) is 11.3 Å². The molecule has 1 amide bonds. The van der Waals surface area contributed by atoms with E-state index >= 15 is 0 Å². The second-order valence-electron chi connectivity index (χ2n) is 3.11. The predicted octanol–water partition coefficient (Wildman–Crippen LogP) is 3.70. The molecule has 2 nitrogen and oxygen atoms in total. The minimum absolute atomic E-state index is 0.0225. The molecule has 0 aromatic carbocycles. The zero-order chi connectivity index (χ0) is 11.1. The number of halogens is 2. The van der Waals surface area contributed by atoms with Crippen LogP contribution >= 0.6 is 38.9 Å². The number of hydrogen-bond acceptors (Lipinski definition) is 2. The van der Waals surface area contributed by atoms with E-state index in [1.54, 1.807) is 12.1 Å². The highest BCUT2D eigenvalue weighted by Crippen LogP contribution is 2.20. The van der Waals surface area contributed by atoms with E-state index in [0.717, 1.165) is 31.1 Å². The zero-order valence-electron chi connectivity index (χ0n) is 8.26. The van der Waals surface area contributed by atoms with Gasteiger partial charge < -0.3 is 5.32 Å². The smallest absolute Gasteiger partial charge is 0.261 e. The van der Waals surface area contributed by atoms with E-state index in [0.29, 0.717) is 9.21 Å². The van der Waals surface area contributed by atoms with E-state index < -0.39 is 0 Å². The van der Waals surface area contributed by atoms with Gasteiger partial charge in [-0.2, -0.15) is 0 Å². The summed E-state index contributed by atoms with van der Waals surface area (Å²) in [6.45, 7) is 0.737. The molecule has 0 radical (unpaired) electrons. The van der Waals surface area contributed by atoms with Gasteiger partial charge in [0.05, 0.1) is 9.21 Å². The van der Waals surface area contributed by atoms with Crippen LogP contribution in [0.3, 0.4) is 0 Å². The molecule has 0 aliphatic carbocycles. The van der Waals surface area contributed by atoms with Crippen molar-refractivity contribution in [2.75, 3.05) is 11.9 Å². The van der Waals surface area contributed by atoms with E-state index in [-0.39, 0.29) is 5.91 Å². The van der Waals surface area contributed by atoms with Crippen LogP contribution in [0.2, 0.25) is 4.34 Å². The standard InChI is InChI=1S/C10H13BrClNOS/c11-6-2-1-3-7-13-10(14)8-4-5-9(12)15-8/h4-5H,1-3,6-7H2,(H,13,14). The van der Waals surface area contributed by atoms with Crippen LogP contribution in [-0.4, -0.2) is 17.8 Å². The maximum absolute atomic E-state index is 11.5. The lowest BCUT2D eigenvalue weighted by atomic mass is 10.2. The lowest BCUT2D eigenvalue weighted by molar-refractivity contribution is 0.0957. The first-order chi connectivity index (χ1) is 7.24. The first-order valence-corrected chi connectivity index (χ1v) is 7.15. The van der Waals surface area contributed by atoms with Crippen molar-refractivity contribution in [3.05, 3.63) is 21.3 Å². The van der Waals surface area contributed by atoms with Crippen molar-refractivity contribution in [1.29, 1.82) is 0 Å². The minimum Gasteiger partial charge on any atom is -0.351 e. The van der Waals surface area contributed by atoms with Crippen LogP contribution in [0.25, 0.3) is 0 Å². The first-order valence-electron chi connectivity index (χ1n) is 4.83. The molecule has 0 saturated heterocycles. The lowest BCUT2D eigenvalue weighted by Gasteiger charge is -2.02. The third kappa shape index (κ3) is 5.00. The normalized spacial score (nSPS) is 10.3. The number of nitrogens with one attached hydrogen (secondary N) is 1. The average Bonchev–Trinajstić information content (AvgIpc) is 2.64. The van der Waals surface area contributed by atoms with Crippen molar-refractivity contribution in [3.8, 4) is 0 Å². The highest BCUT2D eigenvalue weighted by atomic mass is 79.9. The van der Waals surface area contributed by atoms with Gasteiger partial charge >= 0.3 is 0 Å². The number of alkyl halides is 1. The molecule has 0 saturated carbocycles. The van der Waals surface area contributed by atoms with Crippen molar-refractivity contribution in [1.82, 2.24) is 5.32 Å². The molecule has 0 fully saturated rings. The molecule has 0 atom stereocenters. The van der Waals surface area contributed by atoms with Gasteiger partial charge in [-0.1, -0.05) is 34.0 Å². The Balaban J connectivity index is 2.19. The number of hydrogen-bond donors (Lipinski definition) is 1. The van der Waals surface area contributed by atoms with Gasteiger partial charge in [0.2, 0.25) is 0 Å². The van der Waals surface area contributed by atoms with Crippen molar-refractivity contribution in [2.24, 2.45) is 0 Å². The largest absolute Gasteiger partial charge is 0.351 e. The van der Waals surface area contributed by atoms with Gasteiger partial charge in [-0.15, -0.1) is 11.3 Å². The molecule has 1 aromatic rings. The van der Waals surface area contributed by atoms with Gasteiger partial charge in [0.1, 0.15) is 0 Å². The third-order valence-electron chi connectivity index (χ3n) is 1.89. The summed E-state index contributed by atoms with van der Waals surface area (Å²) in [6, 6.07) is 3.49. The van der Waals surface area contributed by atoms with E-state index in [9.17, 15) is 4.79 Å². The fourth-order valence-electron chi connectivity index (χ4n) is 1.12. The number of thiophene rings is 1. The lowest BCUT2D eigenvalue weighted by Crippen LogP contribution is -2.23. The van der Waals surface area contributed by atoms with Crippen molar-refractivity contribution < 1.29 is 4.79 Å². The molecule has 0 unspecified atom stereocenters. The molecular formula is C10H13BrClNOS.